The van der Waals surface area contributed by atoms with Crippen LogP contribution in [0.2, 0.25) is 0 Å². The summed E-state index contributed by atoms with van der Waals surface area (Å²) < 4.78 is 18.9. The fraction of sp³-hybridized carbons (Fsp3) is 0.250. The first-order chi connectivity index (χ1) is 9.69. The van der Waals surface area contributed by atoms with Gasteiger partial charge in [-0.25, -0.2) is 4.39 Å². The zero-order valence-corrected chi connectivity index (χ0v) is 14.0. The van der Waals surface area contributed by atoms with E-state index in [1.165, 1.54) is 17.7 Å². The third-order valence-corrected chi connectivity index (χ3v) is 3.67. The van der Waals surface area contributed by atoms with Crippen molar-refractivity contribution in [3.8, 4) is 5.75 Å². The average Bonchev–Trinajstić information content (AvgIpc) is 2.46. The molecule has 5 heteroatoms. The van der Waals surface area contributed by atoms with Gasteiger partial charge < -0.3 is 22.5 Å². The Labute approximate surface area is 139 Å². The highest BCUT2D eigenvalue weighted by atomic mass is 79.9. The highest BCUT2D eigenvalue weighted by Crippen LogP contribution is 2.25. The maximum Gasteiger partial charge on any atom is 0.133 e. The van der Waals surface area contributed by atoms with Crippen LogP contribution in [0.25, 0.3) is 0 Å². The van der Waals surface area contributed by atoms with Gasteiger partial charge in [0.1, 0.15) is 11.6 Å². The maximum atomic E-state index is 12.8. The molecule has 0 atom stereocenters. The molecule has 2 aromatic carbocycles. The monoisotopic (exact) mass is 372 g/mol. The Morgan fingerprint density at radius 3 is 2.38 bits per heavy atom. The van der Waals surface area contributed by atoms with Gasteiger partial charge in [0.25, 0.3) is 0 Å². The van der Waals surface area contributed by atoms with Gasteiger partial charge >= 0.3 is 0 Å². The van der Waals surface area contributed by atoms with Crippen molar-refractivity contribution in [3.05, 3.63) is 63.9 Å². The van der Waals surface area contributed by atoms with E-state index in [-0.39, 0.29) is 18.2 Å². The van der Waals surface area contributed by atoms with Crippen molar-refractivity contribution in [2.75, 3.05) is 13.7 Å². The minimum Gasteiger partial charge on any atom is -1.00 e. The zero-order valence-electron chi connectivity index (χ0n) is 11.7. The number of methoxy groups -OCH3 is 1. The molecule has 114 valence electrons. The van der Waals surface area contributed by atoms with E-state index in [1.807, 2.05) is 30.3 Å². The molecule has 0 radical (unpaired) electrons. The minimum absolute atomic E-state index is 0. The van der Waals surface area contributed by atoms with E-state index in [1.54, 1.807) is 7.11 Å². The van der Waals surface area contributed by atoms with Crippen LogP contribution in [0.4, 0.5) is 4.39 Å². The van der Waals surface area contributed by atoms with Crippen molar-refractivity contribution < 1.29 is 21.5 Å². The van der Waals surface area contributed by atoms with Crippen LogP contribution < -0.4 is 22.5 Å². The van der Waals surface area contributed by atoms with Crippen LogP contribution in [0, 0.1) is 5.82 Å². The lowest BCUT2D eigenvalue weighted by Crippen LogP contribution is -3.00. The number of hydrogen-bond donors (Lipinski definition) is 1. The number of nitrogens with one attached hydrogen (secondary N) is 1. The molecule has 2 aromatic rings. The van der Waals surface area contributed by atoms with Gasteiger partial charge in [-0.3, -0.25) is 0 Å². The Balaban J connectivity index is 0.00000220. The first-order valence-corrected chi connectivity index (χ1v) is 7.26. The van der Waals surface area contributed by atoms with Gasteiger partial charge in [-0.1, -0.05) is 18.2 Å². The van der Waals surface area contributed by atoms with Gasteiger partial charge in [-0.05, 0) is 64.3 Å². The quantitative estimate of drug-likeness (QED) is 0.761. The molecule has 0 spiro atoms. The van der Waals surface area contributed by atoms with Crippen LogP contribution in [0.3, 0.4) is 0 Å². The summed E-state index contributed by atoms with van der Waals surface area (Å²) in [6, 6.07) is 12.7. The molecule has 21 heavy (non-hydrogen) atoms. The van der Waals surface area contributed by atoms with E-state index in [4.69, 9.17) is 4.74 Å². The number of benzene rings is 2. The second kappa shape index (κ2) is 9.03. The van der Waals surface area contributed by atoms with Gasteiger partial charge in [0.2, 0.25) is 0 Å². The number of rotatable bonds is 6. The molecule has 0 aliphatic rings. The van der Waals surface area contributed by atoms with Crippen molar-refractivity contribution in [1.82, 2.24) is 5.32 Å². The molecule has 1 N–H and O–H groups in total. The van der Waals surface area contributed by atoms with E-state index in [2.05, 4.69) is 21.2 Å². The largest absolute Gasteiger partial charge is 1.00 e. The van der Waals surface area contributed by atoms with Crippen LogP contribution in [-0.4, -0.2) is 13.7 Å². The molecular formula is C16H17BrClFNO-. The van der Waals surface area contributed by atoms with Gasteiger partial charge in [0.05, 0.1) is 11.6 Å². The van der Waals surface area contributed by atoms with E-state index in [0.29, 0.717) is 0 Å². The third kappa shape index (κ3) is 5.65. The Morgan fingerprint density at radius 2 is 1.76 bits per heavy atom. The molecule has 0 aliphatic heterocycles. The van der Waals surface area contributed by atoms with Crippen molar-refractivity contribution in [1.29, 1.82) is 0 Å². The summed E-state index contributed by atoms with van der Waals surface area (Å²) in [6.07, 6.45) is 0.887. The van der Waals surface area contributed by atoms with E-state index < -0.39 is 0 Å². The molecule has 0 heterocycles. The molecule has 2 nitrogen and oxygen atoms in total. The van der Waals surface area contributed by atoms with Crippen LogP contribution in [0.5, 0.6) is 5.75 Å². The van der Waals surface area contributed by atoms with Crippen LogP contribution >= 0.6 is 15.9 Å². The fourth-order valence-corrected chi connectivity index (χ4v) is 2.52. The standard InChI is InChI=1S/C16H17BrFNO.ClH/c1-20-16-7-4-13(10-15(16)17)11-19-9-8-12-2-5-14(18)6-3-12;/h2-7,10,19H,8-9,11H2,1H3;1H/p-1. The number of halogens is 3. The van der Waals surface area contributed by atoms with E-state index in [0.717, 1.165) is 35.3 Å². The summed E-state index contributed by atoms with van der Waals surface area (Å²) in [6.45, 7) is 1.65. The van der Waals surface area contributed by atoms with Gasteiger partial charge in [-0.15, -0.1) is 0 Å². The normalized spacial score (nSPS) is 10.0. The van der Waals surface area contributed by atoms with Crippen LogP contribution in [0.1, 0.15) is 11.1 Å². The van der Waals surface area contributed by atoms with Crippen molar-refractivity contribution >= 4 is 15.9 Å². The Morgan fingerprint density at radius 1 is 1.10 bits per heavy atom. The predicted octanol–water partition coefficient (Wildman–Crippen LogP) is 0.933. The average molecular weight is 374 g/mol. The van der Waals surface area contributed by atoms with E-state index in [9.17, 15) is 4.39 Å². The topological polar surface area (TPSA) is 21.3 Å². The first-order valence-electron chi connectivity index (χ1n) is 6.46. The summed E-state index contributed by atoms with van der Waals surface area (Å²) in [5, 5.41) is 3.37. The Bertz CT molecular complexity index is 563. The fourth-order valence-electron chi connectivity index (χ4n) is 1.94. The minimum atomic E-state index is -0.190. The molecular weight excluding hydrogens is 357 g/mol. The highest BCUT2D eigenvalue weighted by Gasteiger charge is 2.01. The zero-order chi connectivity index (χ0) is 14.4. The lowest BCUT2D eigenvalue weighted by molar-refractivity contribution is -0.00000490. The maximum absolute atomic E-state index is 12.8. The Hall–Kier alpha value is -1.10. The summed E-state index contributed by atoms with van der Waals surface area (Å²) in [4.78, 5) is 0. The second-order valence-electron chi connectivity index (χ2n) is 4.52. The molecule has 0 amide bonds. The molecule has 0 bridgehead atoms. The first kappa shape index (κ1) is 18.0. The molecule has 0 unspecified atom stereocenters. The molecule has 0 aliphatic carbocycles. The summed E-state index contributed by atoms with van der Waals surface area (Å²) in [5.41, 5.74) is 2.33. The Kier molecular flexibility index (Phi) is 7.72. The second-order valence-corrected chi connectivity index (χ2v) is 5.38. The summed E-state index contributed by atoms with van der Waals surface area (Å²) >= 11 is 3.47. The smallest absolute Gasteiger partial charge is 0.133 e. The SMILES string of the molecule is COc1ccc(CNCCc2ccc(F)cc2)cc1Br.[Cl-]. The molecule has 0 aromatic heterocycles. The van der Waals surface area contributed by atoms with Crippen LogP contribution in [0.15, 0.2) is 46.9 Å². The van der Waals surface area contributed by atoms with Crippen molar-refractivity contribution in [2.45, 2.75) is 13.0 Å². The van der Waals surface area contributed by atoms with Gasteiger partial charge in [0, 0.05) is 6.54 Å². The number of hydrogen-bond acceptors (Lipinski definition) is 2. The van der Waals surface area contributed by atoms with Gasteiger partial charge in [0.15, 0.2) is 0 Å². The predicted molar refractivity (Wildman–Crippen MR) is 82.5 cm³/mol. The summed E-state index contributed by atoms with van der Waals surface area (Å²) in [5.74, 6) is 0.643. The molecule has 0 saturated heterocycles. The summed E-state index contributed by atoms with van der Waals surface area (Å²) in [7, 11) is 1.65. The number of ether oxygens (including phenoxy) is 1. The van der Waals surface area contributed by atoms with Gasteiger partial charge in [-0.2, -0.15) is 0 Å². The van der Waals surface area contributed by atoms with E-state index >= 15 is 0 Å². The van der Waals surface area contributed by atoms with Crippen LogP contribution in [-0.2, 0) is 13.0 Å². The lowest BCUT2D eigenvalue weighted by Gasteiger charge is -2.08. The molecule has 0 saturated carbocycles. The van der Waals surface area contributed by atoms with Crippen molar-refractivity contribution in [2.24, 2.45) is 0 Å². The molecule has 0 fully saturated rings. The highest BCUT2D eigenvalue weighted by molar-refractivity contribution is 9.10. The third-order valence-electron chi connectivity index (χ3n) is 3.05. The van der Waals surface area contributed by atoms with Crippen molar-refractivity contribution in [3.63, 3.8) is 0 Å². The molecule has 2 rings (SSSR count). The lowest BCUT2D eigenvalue weighted by atomic mass is 10.1.